The molecule has 2 fully saturated rings. The number of aliphatic hydroxyl groups is 7. The zero-order valence-corrected chi connectivity index (χ0v) is 13.3. The first kappa shape index (κ1) is 19.9. The van der Waals surface area contributed by atoms with Crippen LogP contribution in [0.2, 0.25) is 0 Å². The van der Waals surface area contributed by atoms with Gasteiger partial charge >= 0.3 is 0 Å². The van der Waals surface area contributed by atoms with Crippen LogP contribution in [0.5, 0.6) is 0 Å². The Labute approximate surface area is 139 Å². The van der Waals surface area contributed by atoms with Crippen LogP contribution < -0.4 is 5.32 Å². The number of rotatable bonds is 5. The Bertz CT molecular complexity index is 396. The van der Waals surface area contributed by atoms with Crippen LogP contribution in [0.15, 0.2) is 0 Å². The van der Waals surface area contributed by atoms with Gasteiger partial charge in [-0.05, 0) is 6.42 Å². The molecule has 2 aliphatic rings. The van der Waals surface area contributed by atoms with Crippen LogP contribution in [0.1, 0.15) is 6.42 Å². The summed E-state index contributed by atoms with van der Waals surface area (Å²) < 4.78 is 10.3. The summed E-state index contributed by atoms with van der Waals surface area (Å²) in [5, 5.41) is 71.7. The molecule has 0 aliphatic carbocycles. The van der Waals surface area contributed by atoms with Crippen molar-refractivity contribution in [2.24, 2.45) is 5.92 Å². The molecule has 10 atom stereocenters. The highest BCUT2D eigenvalue weighted by Gasteiger charge is 2.48. The fourth-order valence-corrected chi connectivity index (χ4v) is 3.46. The quantitative estimate of drug-likeness (QED) is 0.241. The second-order valence-corrected chi connectivity index (χ2v) is 6.38. The number of hydrogen-bond donors (Lipinski definition) is 8. The predicted octanol–water partition coefficient (Wildman–Crippen LogP) is -4.51. The average molecular weight is 353 g/mol. The molecule has 0 saturated carbocycles. The summed E-state index contributed by atoms with van der Waals surface area (Å²) in [5.41, 5.74) is 0. The van der Waals surface area contributed by atoms with Crippen LogP contribution in [-0.2, 0) is 9.47 Å². The number of aliphatic hydroxyl groups excluding tert-OH is 7. The summed E-state index contributed by atoms with van der Waals surface area (Å²) in [7, 11) is 1.30. The van der Waals surface area contributed by atoms with Gasteiger partial charge in [0.1, 0.15) is 12.2 Å². The van der Waals surface area contributed by atoms with E-state index in [4.69, 9.17) is 9.47 Å². The number of piperidine rings is 1. The van der Waals surface area contributed by atoms with E-state index >= 15 is 0 Å². The Morgan fingerprint density at radius 3 is 2.00 bits per heavy atom. The topological polar surface area (TPSA) is 172 Å². The Morgan fingerprint density at radius 1 is 0.833 bits per heavy atom. The van der Waals surface area contributed by atoms with Gasteiger partial charge in [0.25, 0.3) is 0 Å². The first-order valence-electron chi connectivity index (χ1n) is 7.92. The maximum Gasteiger partial charge on any atom is 0.186 e. The monoisotopic (exact) mass is 353 g/mol. The van der Waals surface area contributed by atoms with E-state index in [2.05, 4.69) is 5.32 Å². The minimum atomic E-state index is -1.47. The lowest BCUT2D eigenvalue weighted by atomic mass is 9.79. The first-order chi connectivity index (χ1) is 11.3. The first-order valence-corrected chi connectivity index (χ1v) is 7.92. The molecule has 0 aromatic carbocycles. The minimum absolute atomic E-state index is 0.0291. The van der Waals surface area contributed by atoms with Crippen molar-refractivity contribution < 1.29 is 45.2 Å². The second-order valence-electron chi connectivity index (χ2n) is 6.38. The maximum absolute atomic E-state index is 10.3. The predicted molar refractivity (Wildman–Crippen MR) is 78.7 cm³/mol. The van der Waals surface area contributed by atoms with Gasteiger partial charge in [-0.2, -0.15) is 0 Å². The summed E-state index contributed by atoms with van der Waals surface area (Å²) in [6.45, 7) is -0.894. The average Bonchev–Trinajstić information content (AvgIpc) is 2.59. The zero-order chi connectivity index (χ0) is 18.0. The molecule has 10 heteroatoms. The lowest BCUT2D eigenvalue weighted by molar-refractivity contribution is -0.285. The van der Waals surface area contributed by atoms with Crippen molar-refractivity contribution in [1.82, 2.24) is 5.32 Å². The summed E-state index contributed by atoms with van der Waals surface area (Å²) in [6.07, 6.45) is -8.70. The van der Waals surface area contributed by atoms with Gasteiger partial charge < -0.3 is 50.5 Å². The smallest absolute Gasteiger partial charge is 0.186 e. The van der Waals surface area contributed by atoms with Crippen molar-refractivity contribution in [3.05, 3.63) is 0 Å². The number of hydrogen-bond acceptors (Lipinski definition) is 10. The van der Waals surface area contributed by atoms with E-state index in [1.54, 1.807) is 0 Å². The van der Waals surface area contributed by atoms with E-state index in [1.165, 1.54) is 7.11 Å². The molecule has 0 aromatic heterocycles. The highest BCUT2D eigenvalue weighted by atomic mass is 16.7. The number of ether oxygens (including phenoxy) is 2. The third kappa shape index (κ3) is 3.73. The van der Waals surface area contributed by atoms with Gasteiger partial charge in [-0.15, -0.1) is 0 Å². The van der Waals surface area contributed by atoms with Gasteiger partial charge in [0.2, 0.25) is 0 Å². The standard InChI is InChI=1S/C14H27NO9/c1-23-14-13(22)9(18)5(8(4-17)24-14)2-6-10(19)12(21)11(20)7(3-16)15-6/h5-22H,2-4H2,1H3/t5-,6-,7+,8+,9-,10+,11+,12+,13-,14-/m0/s1. The lowest BCUT2D eigenvalue weighted by Gasteiger charge is -2.46. The molecule has 0 bridgehead atoms. The molecule has 2 saturated heterocycles. The van der Waals surface area contributed by atoms with Crippen LogP contribution in [0.4, 0.5) is 0 Å². The van der Waals surface area contributed by atoms with Crippen LogP contribution >= 0.6 is 0 Å². The van der Waals surface area contributed by atoms with Gasteiger partial charge in [-0.1, -0.05) is 0 Å². The fraction of sp³-hybridized carbons (Fsp3) is 1.00. The van der Waals surface area contributed by atoms with Crippen molar-refractivity contribution in [3.8, 4) is 0 Å². The number of nitrogens with one attached hydrogen (secondary N) is 1. The Kier molecular flexibility index (Phi) is 6.90. The van der Waals surface area contributed by atoms with Gasteiger partial charge in [0, 0.05) is 19.1 Å². The van der Waals surface area contributed by atoms with E-state index in [0.717, 1.165) is 0 Å². The molecule has 2 heterocycles. The van der Waals surface area contributed by atoms with E-state index in [-0.39, 0.29) is 6.42 Å². The van der Waals surface area contributed by atoms with E-state index in [1.807, 2.05) is 0 Å². The Balaban J connectivity index is 2.12. The molecule has 2 rings (SSSR count). The molecule has 8 N–H and O–H groups in total. The minimum Gasteiger partial charge on any atom is -0.395 e. The third-order valence-electron chi connectivity index (χ3n) is 4.94. The van der Waals surface area contributed by atoms with Gasteiger partial charge in [0.15, 0.2) is 6.29 Å². The summed E-state index contributed by atoms with van der Waals surface area (Å²) in [5.74, 6) is -0.759. The van der Waals surface area contributed by atoms with Crippen LogP contribution in [0.3, 0.4) is 0 Å². The van der Waals surface area contributed by atoms with Crippen molar-refractivity contribution in [2.45, 2.75) is 61.4 Å². The fourth-order valence-electron chi connectivity index (χ4n) is 3.46. The molecule has 0 amide bonds. The molecule has 142 valence electrons. The highest BCUT2D eigenvalue weighted by Crippen LogP contribution is 2.32. The van der Waals surface area contributed by atoms with E-state index in [9.17, 15) is 35.7 Å². The number of methoxy groups -OCH3 is 1. The molecule has 24 heavy (non-hydrogen) atoms. The molecular formula is C14H27NO9. The van der Waals surface area contributed by atoms with E-state index in [0.29, 0.717) is 0 Å². The maximum atomic E-state index is 10.3. The van der Waals surface area contributed by atoms with Crippen LogP contribution in [-0.4, -0.2) is 111 Å². The molecule has 0 radical (unpaired) electrons. The van der Waals surface area contributed by atoms with Gasteiger partial charge in [0.05, 0.1) is 43.7 Å². The molecular weight excluding hydrogens is 326 g/mol. The van der Waals surface area contributed by atoms with Crippen molar-refractivity contribution in [2.75, 3.05) is 20.3 Å². The van der Waals surface area contributed by atoms with Crippen molar-refractivity contribution in [1.29, 1.82) is 0 Å². The SMILES string of the molecule is CO[C@H]1O[C@H](CO)[C@H](C[C@@H]2N[C@H](CO)[C@@H](O)[C@H](O)[C@@H]2O)[C@H](O)[C@@H]1O. The molecule has 0 unspecified atom stereocenters. The van der Waals surface area contributed by atoms with Crippen molar-refractivity contribution >= 4 is 0 Å². The lowest BCUT2D eigenvalue weighted by Crippen LogP contribution is -2.67. The highest BCUT2D eigenvalue weighted by molar-refractivity contribution is 5.01. The Morgan fingerprint density at radius 2 is 1.46 bits per heavy atom. The van der Waals surface area contributed by atoms with Crippen LogP contribution in [0.25, 0.3) is 0 Å². The summed E-state index contributed by atoms with van der Waals surface area (Å²) >= 11 is 0. The molecule has 2 aliphatic heterocycles. The Hall–Kier alpha value is -0.400. The third-order valence-corrected chi connectivity index (χ3v) is 4.94. The largest absolute Gasteiger partial charge is 0.395 e. The molecule has 0 spiro atoms. The summed E-state index contributed by atoms with van der Waals surface area (Å²) in [6, 6.07) is -1.64. The molecule has 0 aromatic rings. The second kappa shape index (κ2) is 8.32. The molecule has 10 nitrogen and oxygen atoms in total. The van der Waals surface area contributed by atoms with Gasteiger partial charge in [-0.25, -0.2) is 0 Å². The normalized spacial score (nSPS) is 50.0. The summed E-state index contributed by atoms with van der Waals surface area (Å²) in [4.78, 5) is 0. The van der Waals surface area contributed by atoms with Crippen molar-refractivity contribution in [3.63, 3.8) is 0 Å². The van der Waals surface area contributed by atoms with Gasteiger partial charge in [-0.3, -0.25) is 0 Å². The van der Waals surface area contributed by atoms with Crippen LogP contribution in [0, 0.1) is 5.92 Å². The zero-order valence-electron chi connectivity index (χ0n) is 13.3. The van der Waals surface area contributed by atoms with E-state index < -0.39 is 74.1 Å².